The number of aromatic nitrogens is 2. The number of nitrogens with zero attached hydrogens (tertiary/aromatic N) is 3. The maximum atomic E-state index is 11.9. The number of imidazole rings is 1. The summed E-state index contributed by atoms with van der Waals surface area (Å²) < 4.78 is 7.38. The second-order valence-electron chi connectivity index (χ2n) is 6.12. The molecule has 0 N–H and O–H groups in total. The third kappa shape index (κ3) is 2.65. The van der Waals surface area contributed by atoms with E-state index < -0.39 is 0 Å². The monoisotopic (exact) mass is 343 g/mol. The number of fused-ring (bicyclic) bond motifs is 2. The van der Waals surface area contributed by atoms with Gasteiger partial charge in [0.25, 0.3) is 0 Å². The first-order chi connectivity index (χ1) is 11.8. The van der Waals surface area contributed by atoms with Crippen molar-refractivity contribution in [2.24, 2.45) is 0 Å². The molecule has 0 atom stereocenters. The minimum atomic E-state index is -0.194. The summed E-state index contributed by atoms with van der Waals surface area (Å²) >= 11 is 1.83. The Morgan fingerprint density at radius 2 is 2.12 bits per heavy atom. The average Bonchev–Trinajstić information content (AvgIpc) is 3.22. The Kier molecular flexibility index (Phi) is 4.14. The zero-order valence-corrected chi connectivity index (χ0v) is 14.6. The van der Waals surface area contributed by atoms with E-state index in [1.165, 1.54) is 21.6 Å². The molecule has 4 rings (SSSR count). The van der Waals surface area contributed by atoms with Gasteiger partial charge in [0.05, 0.1) is 6.61 Å². The summed E-state index contributed by atoms with van der Waals surface area (Å²) in [6.45, 7) is 4.70. The molecule has 5 nitrogen and oxygen atoms in total. The molecule has 6 heteroatoms. The van der Waals surface area contributed by atoms with Crippen LogP contribution in [0.15, 0.2) is 29.4 Å². The van der Waals surface area contributed by atoms with Gasteiger partial charge in [-0.05, 0) is 36.8 Å². The molecule has 1 fully saturated rings. The van der Waals surface area contributed by atoms with Crippen LogP contribution >= 0.6 is 11.3 Å². The Bertz CT molecular complexity index is 736. The molecule has 0 radical (unpaired) electrons. The van der Waals surface area contributed by atoms with Gasteiger partial charge in [0.2, 0.25) is 0 Å². The highest BCUT2D eigenvalue weighted by Gasteiger charge is 2.27. The normalized spacial score (nSPS) is 17.3. The molecule has 126 valence electrons. The van der Waals surface area contributed by atoms with Crippen LogP contribution in [0.1, 0.15) is 36.0 Å². The number of carbonyl (C=O) groups excluding carboxylic acids is 1. The van der Waals surface area contributed by atoms with Crippen molar-refractivity contribution in [3.05, 3.63) is 45.7 Å². The van der Waals surface area contributed by atoms with Crippen molar-refractivity contribution in [2.75, 3.05) is 19.7 Å². The quantitative estimate of drug-likeness (QED) is 0.795. The second-order valence-corrected chi connectivity index (χ2v) is 7.12. The molecule has 0 spiro atoms. The van der Waals surface area contributed by atoms with Crippen LogP contribution in [0.5, 0.6) is 0 Å². The van der Waals surface area contributed by atoms with Crippen LogP contribution in [0.2, 0.25) is 0 Å². The van der Waals surface area contributed by atoms with E-state index in [1.54, 1.807) is 0 Å². The van der Waals surface area contributed by atoms with Crippen LogP contribution in [-0.4, -0.2) is 40.2 Å². The summed E-state index contributed by atoms with van der Waals surface area (Å²) in [5.41, 5.74) is 4.03. The third-order valence-corrected chi connectivity index (χ3v) is 5.76. The van der Waals surface area contributed by atoms with Gasteiger partial charge in [0.15, 0.2) is 0 Å². The lowest BCUT2D eigenvalue weighted by molar-refractivity contribution is 0.104. The van der Waals surface area contributed by atoms with Crippen molar-refractivity contribution in [1.29, 1.82) is 0 Å². The Labute approximate surface area is 145 Å². The molecule has 4 heterocycles. The van der Waals surface area contributed by atoms with Crippen molar-refractivity contribution in [3.8, 4) is 0 Å². The van der Waals surface area contributed by atoms with E-state index in [9.17, 15) is 4.79 Å². The number of piperidine rings is 1. The highest BCUT2D eigenvalue weighted by Crippen LogP contribution is 2.37. The Morgan fingerprint density at radius 1 is 1.29 bits per heavy atom. The number of rotatable bonds is 1. The van der Waals surface area contributed by atoms with Crippen molar-refractivity contribution in [1.82, 2.24) is 14.5 Å². The lowest BCUT2D eigenvalue weighted by Crippen LogP contribution is -2.37. The summed E-state index contributed by atoms with van der Waals surface area (Å²) in [6.07, 6.45) is 6.59. The highest BCUT2D eigenvalue weighted by molar-refractivity contribution is 7.10. The minimum absolute atomic E-state index is 0.194. The fourth-order valence-electron chi connectivity index (χ4n) is 3.59. The van der Waals surface area contributed by atoms with Gasteiger partial charge in [0, 0.05) is 48.9 Å². The first-order valence-corrected chi connectivity index (χ1v) is 9.38. The largest absolute Gasteiger partial charge is 0.450 e. The van der Waals surface area contributed by atoms with Gasteiger partial charge < -0.3 is 14.2 Å². The van der Waals surface area contributed by atoms with Crippen LogP contribution in [-0.2, 0) is 17.7 Å². The predicted molar refractivity (Wildman–Crippen MR) is 94.1 cm³/mol. The van der Waals surface area contributed by atoms with E-state index in [4.69, 9.17) is 4.74 Å². The molecular weight excluding hydrogens is 322 g/mol. The zero-order valence-electron chi connectivity index (χ0n) is 13.8. The number of carbonyl (C=O) groups is 1. The molecule has 0 unspecified atom stereocenters. The molecule has 1 amide bonds. The van der Waals surface area contributed by atoms with Crippen LogP contribution in [0.4, 0.5) is 4.79 Å². The van der Waals surface area contributed by atoms with Crippen LogP contribution in [0.25, 0.3) is 5.57 Å². The number of ether oxygens (including phenoxy) is 1. The van der Waals surface area contributed by atoms with Crippen molar-refractivity contribution in [3.63, 3.8) is 0 Å². The number of thiophene rings is 1. The van der Waals surface area contributed by atoms with Gasteiger partial charge in [0.1, 0.15) is 5.82 Å². The third-order valence-electron chi connectivity index (χ3n) is 4.78. The van der Waals surface area contributed by atoms with Gasteiger partial charge in [-0.1, -0.05) is 5.57 Å². The van der Waals surface area contributed by atoms with Gasteiger partial charge >= 0.3 is 6.09 Å². The summed E-state index contributed by atoms with van der Waals surface area (Å²) in [6, 6.07) is 2.23. The molecule has 0 aromatic carbocycles. The lowest BCUT2D eigenvalue weighted by atomic mass is 9.93. The maximum absolute atomic E-state index is 11.9. The topological polar surface area (TPSA) is 47.4 Å². The molecule has 0 bridgehead atoms. The maximum Gasteiger partial charge on any atom is 0.409 e. The number of hydrogen-bond donors (Lipinski definition) is 0. The Hall–Kier alpha value is -2.08. The van der Waals surface area contributed by atoms with Gasteiger partial charge in [-0.25, -0.2) is 9.78 Å². The Morgan fingerprint density at radius 3 is 2.92 bits per heavy atom. The van der Waals surface area contributed by atoms with Crippen molar-refractivity contribution in [2.45, 2.75) is 32.7 Å². The zero-order chi connectivity index (χ0) is 16.5. The van der Waals surface area contributed by atoms with Crippen LogP contribution in [0.3, 0.4) is 0 Å². The predicted octanol–water partition coefficient (Wildman–Crippen LogP) is 3.55. The number of amides is 1. The molecular formula is C18H21N3O2S. The van der Waals surface area contributed by atoms with Crippen molar-refractivity contribution >= 4 is 23.0 Å². The minimum Gasteiger partial charge on any atom is -0.450 e. The van der Waals surface area contributed by atoms with Gasteiger partial charge in [-0.2, -0.15) is 0 Å². The molecule has 24 heavy (non-hydrogen) atoms. The fraction of sp³-hybridized carbons (Fsp3) is 0.444. The Balaban J connectivity index is 1.68. The fourth-order valence-corrected chi connectivity index (χ4v) is 4.46. The molecule has 0 aliphatic carbocycles. The summed E-state index contributed by atoms with van der Waals surface area (Å²) in [5.74, 6) is 1.08. The van der Waals surface area contributed by atoms with Gasteiger partial charge in [-0.15, -0.1) is 11.3 Å². The van der Waals surface area contributed by atoms with E-state index in [2.05, 4.69) is 27.2 Å². The van der Waals surface area contributed by atoms with E-state index in [0.717, 1.165) is 44.7 Å². The SMILES string of the molecule is CCOC(=O)N1CCC(=C2c3ccsc3CCn3ccnc32)CC1. The average molecular weight is 343 g/mol. The summed E-state index contributed by atoms with van der Waals surface area (Å²) in [4.78, 5) is 19.8. The number of likely N-dealkylation sites (tertiary alicyclic amines) is 1. The van der Waals surface area contributed by atoms with E-state index in [0.29, 0.717) is 6.61 Å². The molecule has 1 saturated heterocycles. The smallest absolute Gasteiger partial charge is 0.409 e. The number of hydrogen-bond acceptors (Lipinski definition) is 4. The number of aryl methyl sites for hydroxylation is 2. The molecule has 2 aromatic rings. The first-order valence-electron chi connectivity index (χ1n) is 8.50. The van der Waals surface area contributed by atoms with Gasteiger partial charge in [-0.3, -0.25) is 0 Å². The summed E-state index contributed by atoms with van der Waals surface area (Å²) in [7, 11) is 0. The first kappa shape index (κ1) is 15.4. The van der Waals surface area contributed by atoms with E-state index in [-0.39, 0.29) is 6.09 Å². The molecule has 2 aliphatic rings. The summed E-state index contributed by atoms with van der Waals surface area (Å²) in [5, 5.41) is 2.18. The van der Waals surface area contributed by atoms with Crippen LogP contribution in [0, 0.1) is 0 Å². The van der Waals surface area contributed by atoms with Crippen LogP contribution < -0.4 is 0 Å². The van der Waals surface area contributed by atoms with E-state index in [1.807, 2.05) is 29.4 Å². The van der Waals surface area contributed by atoms with E-state index >= 15 is 0 Å². The highest BCUT2D eigenvalue weighted by atomic mass is 32.1. The molecule has 2 aromatic heterocycles. The standard InChI is InChI=1S/C18H21N3O2S/c1-2-23-18(22)21-8-3-13(4-9-21)16-14-6-12-24-15(14)5-10-20-11-7-19-17(16)20/h6-7,11-12H,2-5,8-10H2,1H3. The molecule has 2 aliphatic heterocycles. The van der Waals surface area contributed by atoms with Crippen molar-refractivity contribution < 1.29 is 9.53 Å². The second kappa shape index (κ2) is 6.43. The lowest BCUT2D eigenvalue weighted by Gasteiger charge is -2.29. The molecule has 0 saturated carbocycles.